The molecule has 4 aromatic rings. The number of carbonyl (C=O) groups excluding carboxylic acids is 2. The van der Waals surface area contributed by atoms with Crippen LogP contribution in [0, 0.1) is 0 Å². The lowest BCUT2D eigenvalue weighted by molar-refractivity contribution is 0.0994. The molecule has 2 aromatic carbocycles. The lowest BCUT2D eigenvalue weighted by Gasteiger charge is -2.08. The Morgan fingerprint density at radius 1 is 1.16 bits per heavy atom. The SMILES string of the molecule is NC(=O)c1cc(-c2csc(NC(=O)c3cccc(OCc4cccc(Cl)c4)c3)n2)c[nH]1. The number of halogens is 1. The van der Waals surface area contributed by atoms with Gasteiger partial charge in [-0.25, -0.2) is 4.98 Å². The van der Waals surface area contributed by atoms with E-state index < -0.39 is 5.91 Å². The standard InChI is InChI=1S/C22H17ClN4O3S/c23-16-5-1-3-13(7-16)11-30-17-6-2-4-14(8-17)21(29)27-22-26-19(12-31-22)15-9-18(20(24)28)25-10-15/h1-10,12,25H,11H2,(H2,24,28)(H,26,27,29). The number of carbonyl (C=O) groups is 2. The van der Waals surface area contributed by atoms with Crippen LogP contribution in [0.15, 0.2) is 66.2 Å². The van der Waals surface area contributed by atoms with Crippen LogP contribution < -0.4 is 15.8 Å². The normalized spacial score (nSPS) is 10.6. The van der Waals surface area contributed by atoms with E-state index in [1.165, 1.54) is 11.3 Å². The van der Waals surface area contributed by atoms with E-state index >= 15 is 0 Å². The van der Waals surface area contributed by atoms with Gasteiger partial charge in [-0.3, -0.25) is 14.9 Å². The van der Waals surface area contributed by atoms with Crippen molar-refractivity contribution in [3.63, 3.8) is 0 Å². The zero-order valence-electron chi connectivity index (χ0n) is 16.1. The summed E-state index contributed by atoms with van der Waals surface area (Å²) in [5.74, 6) is -0.285. The van der Waals surface area contributed by atoms with Crippen LogP contribution in [0.3, 0.4) is 0 Å². The summed E-state index contributed by atoms with van der Waals surface area (Å²) in [5.41, 5.74) is 8.26. The van der Waals surface area contributed by atoms with Crippen LogP contribution >= 0.6 is 22.9 Å². The van der Waals surface area contributed by atoms with Gasteiger partial charge in [0, 0.05) is 27.7 Å². The summed E-state index contributed by atoms with van der Waals surface area (Å²) in [6.07, 6.45) is 1.64. The van der Waals surface area contributed by atoms with Crippen molar-refractivity contribution in [3.8, 4) is 17.0 Å². The molecule has 31 heavy (non-hydrogen) atoms. The maximum atomic E-state index is 12.6. The lowest BCUT2D eigenvalue weighted by Crippen LogP contribution is -2.11. The highest BCUT2D eigenvalue weighted by atomic mass is 35.5. The van der Waals surface area contributed by atoms with Crippen molar-refractivity contribution in [1.29, 1.82) is 0 Å². The number of benzene rings is 2. The van der Waals surface area contributed by atoms with Crippen molar-refractivity contribution in [3.05, 3.63) is 88.0 Å². The fourth-order valence-electron chi connectivity index (χ4n) is 2.84. The molecule has 2 aromatic heterocycles. The first-order chi connectivity index (χ1) is 15.0. The molecular weight excluding hydrogens is 436 g/mol. The number of nitrogens with zero attached hydrogens (tertiary/aromatic N) is 1. The molecule has 0 aliphatic rings. The first-order valence-electron chi connectivity index (χ1n) is 9.21. The smallest absolute Gasteiger partial charge is 0.265 e. The average molecular weight is 453 g/mol. The second-order valence-electron chi connectivity index (χ2n) is 6.60. The molecule has 0 bridgehead atoms. The summed E-state index contributed by atoms with van der Waals surface area (Å²) in [6, 6.07) is 15.9. The predicted octanol–water partition coefficient (Wildman–Crippen LogP) is 4.72. The van der Waals surface area contributed by atoms with Crippen LogP contribution in [0.2, 0.25) is 5.02 Å². The number of nitrogens with two attached hydrogens (primary N) is 1. The Hall–Kier alpha value is -3.62. The number of ether oxygens (including phenoxy) is 1. The molecule has 0 saturated heterocycles. The van der Waals surface area contributed by atoms with E-state index in [4.69, 9.17) is 22.1 Å². The van der Waals surface area contributed by atoms with Crippen LogP contribution in [0.25, 0.3) is 11.3 Å². The summed E-state index contributed by atoms with van der Waals surface area (Å²) in [4.78, 5) is 31.1. The van der Waals surface area contributed by atoms with Gasteiger partial charge in [0.25, 0.3) is 11.8 Å². The zero-order valence-corrected chi connectivity index (χ0v) is 17.7. The molecule has 4 rings (SSSR count). The predicted molar refractivity (Wildman–Crippen MR) is 121 cm³/mol. The average Bonchev–Trinajstić information content (AvgIpc) is 3.42. The minimum atomic E-state index is -0.549. The Bertz CT molecular complexity index is 1250. The van der Waals surface area contributed by atoms with Crippen molar-refractivity contribution in [2.75, 3.05) is 5.32 Å². The van der Waals surface area contributed by atoms with Crippen molar-refractivity contribution in [1.82, 2.24) is 9.97 Å². The maximum absolute atomic E-state index is 12.6. The Morgan fingerprint density at radius 2 is 2.00 bits per heavy atom. The third kappa shape index (κ3) is 5.11. The maximum Gasteiger partial charge on any atom is 0.265 e. The molecular formula is C22H17ClN4O3S. The van der Waals surface area contributed by atoms with Crippen LogP contribution in [0.1, 0.15) is 26.4 Å². The Morgan fingerprint density at radius 3 is 2.77 bits per heavy atom. The van der Waals surface area contributed by atoms with Crippen molar-refractivity contribution < 1.29 is 14.3 Å². The first kappa shape index (κ1) is 20.6. The summed E-state index contributed by atoms with van der Waals surface area (Å²) in [7, 11) is 0. The number of anilines is 1. The quantitative estimate of drug-likeness (QED) is 0.376. The fraction of sp³-hybridized carbons (Fsp3) is 0.0455. The molecule has 0 spiro atoms. The molecule has 0 radical (unpaired) electrons. The van der Waals surface area contributed by atoms with E-state index in [9.17, 15) is 9.59 Å². The molecule has 0 saturated carbocycles. The van der Waals surface area contributed by atoms with Gasteiger partial charge in [0.1, 0.15) is 18.1 Å². The van der Waals surface area contributed by atoms with Crippen LogP contribution in [-0.2, 0) is 6.61 Å². The van der Waals surface area contributed by atoms with Crippen LogP contribution in [-0.4, -0.2) is 21.8 Å². The first-order valence-corrected chi connectivity index (χ1v) is 10.5. The van der Waals surface area contributed by atoms with Gasteiger partial charge in [0.15, 0.2) is 5.13 Å². The third-order valence-corrected chi connectivity index (χ3v) is 5.35. The van der Waals surface area contributed by atoms with E-state index in [-0.39, 0.29) is 5.91 Å². The second kappa shape index (κ2) is 9.03. The van der Waals surface area contributed by atoms with E-state index in [1.807, 2.05) is 18.2 Å². The minimum absolute atomic E-state index is 0.295. The number of amides is 2. The molecule has 0 aliphatic carbocycles. The number of nitrogens with one attached hydrogen (secondary N) is 2. The molecule has 9 heteroatoms. The van der Waals surface area contributed by atoms with E-state index in [1.54, 1.807) is 48.0 Å². The Balaban J connectivity index is 1.41. The molecule has 0 fully saturated rings. The molecule has 0 aliphatic heterocycles. The number of rotatable bonds is 7. The minimum Gasteiger partial charge on any atom is -0.489 e. The molecule has 7 nitrogen and oxygen atoms in total. The van der Waals surface area contributed by atoms with Crippen LogP contribution in [0.4, 0.5) is 5.13 Å². The molecule has 2 heterocycles. The number of hydrogen-bond acceptors (Lipinski definition) is 5. The van der Waals surface area contributed by atoms with Crippen molar-refractivity contribution in [2.24, 2.45) is 5.73 Å². The fourth-order valence-corrected chi connectivity index (χ4v) is 3.77. The molecule has 156 valence electrons. The van der Waals surface area contributed by atoms with Gasteiger partial charge in [0.05, 0.1) is 5.69 Å². The highest BCUT2D eigenvalue weighted by Crippen LogP contribution is 2.26. The summed E-state index contributed by atoms with van der Waals surface area (Å²) in [6.45, 7) is 0.339. The van der Waals surface area contributed by atoms with Gasteiger partial charge >= 0.3 is 0 Å². The summed E-state index contributed by atoms with van der Waals surface area (Å²) < 4.78 is 5.78. The van der Waals surface area contributed by atoms with Crippen molar-refractivity contribution in [2.45, 2.75) is 6.61 Å². The molecule has 4 N–H and O–H groups in total. The van der Waals surface area contributed by atoms with Gasteiger partial charge in [0.2, 0.25) is 0 Å². The molecule has 2 amide bonds. The largest absolute Gasteiger partial charge is 0.489 e. The van der Waals surface area contributed by atoms with E-state index in [0.717, 1.165) is 5.56 Å². The number of H-pyrrole nitrogens is 1. The highest BCUT2D eigenvalue weighted by Gasteiger charge is 2.13. The third-order valence-electron chi connectivity index (χ3n) is 4.36. The van der Waals surface area contributed by atoms with Crippen LogP contribution in [0.5, 0.6) is 5.75 Å². The van der Waals surface area contributed by atoms with E-state index in [0.29, 0.717) is 45.0 Å². The van der Waals surface area contributed by atoms with E-state index in [2.05, 4.69) is 15.3 Å². The highest BCUT2D eigenvalue weighted by molar-refractivity contribution is 7.14. The van der Waals surface area contributed by atoms with Crippen molar-refractivity contribution >= 4 is 39.9 Å². The Kier molecular flexibility index (Phi) is 6.01. The van der Waals surface area contributed by atoms with Gasteiger partial charge in [-0.1, -0.05) is 29.8 Å². The number of primary amides is 1. The summed E-state index contributed by atoms with van der Waals surface area (Å²) in [5, 5.41) is 5.64. The summed E-state index contributed by atoms with van der Waals surface area (Å²) >= 11 is 7.27. The molecule has 0 unspecified atom stereocenters. The van der Waals surface area contributed by atoms with Gasteiger partial charge in [-0.15, -0.1) is 11.3 Å². The zero-order chi connectivity index (χ0) is 21.8. The Labute approximate surface area is 186 Å². The number of aromatic nitrogens is 2. The number of aromatic amines is 1. The second-order valence-corrected chi connectivity index (χ2v) is 7.90. The topological polar surface area (TPSA) is 110 Å². The number of hydrogen-bond donors (Lipinski definition) is 3. The van der Waals surface area contributed by atoms with Gasteiger partial charge in [-0.05, 0) is 42.0 Å². The van der Waals surface area contributed by atoms with Gasteiger partial charge < -0.3 is 15.5 Å². The van der Waals surface area contributed by atoms with Gasteiger partial charge in [-0.2, -0.15) is 0 Å². The number of thiazole rings is 1. The molecule has 0 atom stereocenters. The lowest BCUT2D eigenvalue weighted by atomic mass is 10.2. The monoisotopic (exact) mass is 452 g/mol.